The molecule has 0 aromatic carbocycles. The number of pyridine rings is 1. The lowest BCUT2D eigenvalue weighted by Crippen LogP contribution is -2.19. The molecular formula is C14H24N4. The number of nitrogens with zero attached hydrogens (tertiary/aromatic N) is 2. The van der Waals surface area contributed by atoms with Gasteiger partial charge in [-0.2, -0.15) is 0 Å². The maximum atomic E-state index is 4.31. The van der Waals surface area contributed by atoms with Gasteiger partial charge in [0.2, 0.25) is 0 Å². The summed E-state index contributed by atoms with van der Waals surface area (Å²) in [5.41, 5.74) is 1.16. The highest BCUT2D eigenvalue weighted by Gasteiger charge is 2.18. The summed E-state index contributed by atoms with van der Waals surface area (Å²) in [7, 11) is 2.19. The zero-order chi connectivity index (χ0) is 12.8. The quantitative estimate of drug-likeness (QED) is 0.810. The minimum absolute atomic E-state index is 0.773. The van der Waals surface area contributed by atoms with E-state index in [1.54, 1.807) is 0 Å². The zero-order valence-corrected chi connectivity index (χ0v) is 11.4. The van der Waals surface area contributed by atoms with Crippen LogP contribution in [-0.4, -0.2) is 43.1 Å². The summed E-state index contributed by atoms with van der Waals surface area (Å²) < 4.78 is 0. The highest BCUT2D eigenvalue weighted by atomic mass is 15.1. The van der Waals surface area contributed by atoms with Gasteiger partial charge in [-0.15, -0.1) is 0 Å². The Morgan fingerprint density at radius 2 is 2.33 bits per heavy atom. The van der Waals surface area contributed by atoms with E-state index in [9.17, 15) is 0 Å². The van der Waals surface area contributed by atoms with Crippen LogP contribution in [0.4, 0.5) is 11.5 Å². The molecule has 1 atom stereocenters. The summed E-state index contributed by atoms with van der Waals surface area (Å²) in [5, 5.41) is 6.83. The van der Waals surface area contributed by atoms with Crippen molar-refractivity contribution in [2.45, 2.75) is 19.8 Å². The van der Waals surface area contributed by atoms with Crippen molar-refractivity contribution in [3.8, 4) is 0 Å². The van der Waals surface area contributed by atoms with Crippen molar-refractivity contribution in [3.05, 3.63) is 18.3 Å². The molecule has 4 nitrogen and oxygen atoms in total. The first-order valence-electron chi connectivity index (χ1n) is 6.90. The summed E-state index contributed by atoms with van der Waals surface area (Å²) in [6.07, 6.45) is 4.28. The lowest BCUT2D eigenvalue weighted by molar-refractivity contribution is 0.399. The molecule has 1 aromatic rings. The summed E-state index contributed by atoms with van der Waals surface area (Å²) >= 11 is 0. The minimum atomic E-state index is 0.773. The van der Waals surface area contributed by atoms with Crippen molar-refractivity contribution in [2.24, 2.45) is 5.92 Å². The molecule has 0 aliphatic carbocycles. The van der Waals surface area contributed by atoms with Crippen LogP contribution in [0.3, 0.4) is 0 Å². The van der Waals surface area contributed by atoms with Gasteiger partial charge in [0.05, 0.1) is 0 Å². The first kappa shape index (κ1) is 13.1. The molecular weight excluding hydrogens is 224 g/mol. The Morgan fingerprint density at radius 3 is 3.06 bits per heavy atom. The van der Waals surface area contributed by atoms with Gasteiger partial charge in [-0.25, -0.2) is 4.98 Å². The summed E-state index contributed by atoms with van der Waals surface area (Å²) in [6, 6.07) is 4.13. The molecule has 0 radical (unpaired) electrons. The Morgan fingerprint density at radius 1 is 1.44 bits per heavy atom. The van der Waals surface area contributed by atoms with Gasteiger partial charge in [-0.3, -0.25) is 0 Å². The van der Waals surface area contributed by atoms with E-state index in [0.29, 0.717) is 0 Å². The van der Waals surface area contributed by atoms with Gasteiger partial charge in [0.25, 0.3) is 0 Å². The largest absolute Gasteiger partial charge is 0.385 e. The van der Waals surface area contributed by atoms with E-state index in [1.807, 2.05) is 12.3 Å². The third-order valence-corrected chi connectivity index (χ3v) is 3.40. The molecule has 2 rings (SSSR count). The molecule has 1 aliphatic heterocycles. The van der Waals surface area contributed by atoms with Crippen LogP contribution in [0.2, 0.25) is 0 Å². The Kier molecular flexibility index (Phi) is 4.81. The van der Waals surface area contributed by atoms with Gasteiger partial charge in [-0.05, 0) is 38.4 Å². The highest BCUT2D eigenvalue weighted by Crippen LogP contribution is 2.17. The fourth-order valence-corrected chi connectivity index (χ4v) is 2.35. The minimum Gasteiger partial charge on any atom is -0.385 e. The van der Waals surface area contributed by atoms with Crippen molar-refractivity contribution in [1.29, 1.82) is 0 Å². The van der Waals surface area contributed by atoms with Crippen molar-refractivity contribution in [3.63, 3.8) is 0 Å². The van der Waals surface area contributed by atoms with E-state index >= 15 is 0 Å². The molecule has 2 heterocycles. The molecule has 100 valence electrons. The molecule has 0 saturated carbocycles. The van der Waals surface area contributed by atoms with Crippen LogP contribution in [-0.2, 0) is 0 Å². The third kappa shape index (κ3) is 3.88. The average Bonchev–Trinajstić information content (AvgIpc) is 2.80. The van der Waals surface area contributed by atoms with Crippen LogP contribution < -0.4 is 10.6 Å². The lowest BCUT2D eigenvalue weighted by Gasteiger charge is -2.13. The standard InChI is InChI=1S/C14H24N4/c1-3-6-15-14-9-13(4-7-16-14)17-10-12-5-8-18(2)11-12/h4,7,9,12H,3,5-6,8,10-11H2,1-2H3,(H2,15,16,17). The van der Waals surface area contributed by atoms with E-state index in [2.05, 4.69) is 40.6 Å². The maximum Gasteiger partial charge on any atom is 0.127 e. The summed E-state index contributed by atoms with van der Waals surface area (Å²) in [6.45, 7) is 6.63. The number of anilines is 2. The van der Waals surface area contributed by atoms with E-state index in [-0.39, 0.29) is 0 Å². The molecule has 1 aliphatic rings. The second-order valence-electron chi connectivity index (χ2n) is 5.15. The summed E-state index contributed by atoms with van der Waals surface area (Å²) in [4.78, 5) is 6.71. The number of hydrogen-bond donors (Lipinski definition) is 2. The van der Waals surface area contributed by atoms with Gasteiger partial charge >= 0.3 is 0 Å². The average molecular weight is 248 g/mol. The second-order valence-corrected chi connectivity index (χ2v) is 5.15. The number of hydrogen-bond acceptors (Lipinski definition) is 4. The van der Waals surface area contributed by atoms with Crippen molar-refractivity contribution in [1.82, 2.24) is 9.88 Å². The van der Waals surface area contributed by atoms with Crippen LogP contribution in [0.1, 0.15) is 19.8 Å². The van der Waals surface area contributed by atoms with E-state index in [4.69, 9.17) is 0 Å². The molecule has 2 N–H and O–H groups in total. The molecule has 1 aromatic heterocycles. The smallest absolute Gasteiger partial charge is 0.127 e. The monoisotopic (exact) mass is 248 g/mol. The topological polar surface area (TPSA) is 40.2 Å². The Bertz CT molecular complexity index is 367. The van der Waals surface area contributed by atoms with Crippen LogP contribution in [0.25, 0.3) is 0 Å². The lowest BCUT2D eigenvalue weighted by atomic mass is 10.1. The van der Waals surface area contributed by atoms with E-state index in [1.165, 1.54) is 19.5 Å². The van der Waals surface area contributed by atoms with Crippen LogP contribution in [0.5, 0.6) is 0 Å². The SMILES string of the molecule is CCCNc1cc(NCC2CCN(C)C2)ccn1. The van der Waals surface area contributed by atoms with Crippen LogP contribution in [0, 0.1) is 5.92 Å². The number of rotatable bonds is 6. The normalized spacial score (nSPS) is 20.0. The van der Waals surface area contributed by atoms with Gasteiger partial charge in [0.1, 0.15) is 5.82 Å². The van der Waals surface area contributed by atoms with Gasteiger partial charge in [-0.1, -0.05) is 6.92 Å². The summed E-state index contributed by atoms with van der Waals surface area (Å²) in [5.74, 6) is 1.74. The van der Waals surface area contributed by atoms with Crippen LogP contribution in [0.15, 0.2) is 18.3 Å². The fraction of sp³-hybridized carbons (Fsp3) is 0.643. The van der Waals surface area contributed by atoms with Crippen molar-refractivity contribution < 1.29 is 0 Å². The molecule has 0 bridgehead atoms. The second kappa shape index (κ2) is 6.59. The Labute approximate surface area is 110 Å². The number of likely N-dealkylation sites (tertiary alicyclic amines) is 1. The van der Waals surface area contributed by atoms with Crippen molar-refractivity contribution >= 4 is 11.5 Å². The molecule has 18 heavy (non-hydrogen) atoms. The predicted molar refractivity (Wildman–Crippen MR) is 77.1 cm³/mol. The van der Waals surface area contributed by atoms with E-state index in [0.717, 1.165) is 36.9 Å². The molecule has 0 amide bonds. The Balaban J connectivity index is 1.81. The molecule has 1 fully saturated rings. The Hall–Kier alpha value is -1.29. The van der Waals surface area contributed by atoms with Crippen LogP contribution >= 0.6 is 0 Å². The highest BCUT2D eigenvalue weighted by molar-refractivity contribution is 5.51. The number of nitrogens with one attached hydrogen (secondary N) is 2. The molecule has 4 heteroatoms. The number of aromatic nitrogens is 1. The van der Waals surface area contributed by atoms with E-state index < -0.39 is 0 Å². The fourth-order valence-electron chi connectivity index (χ4n) is 2.35. The first-order chi connectivity index (χ1) is 8.78. The molecule has 1 unspecified atom stereocenters. The predicted octanol–water partition coefficient (Wildman–Crippen LogP) is 2.27. The van der Waals surface area contributed by atoms with Gasteiger partial charge in [0, 0.05) is 37.6 Å². The maximum absolute atomic E-state index is 4.31. The van der Waals surface area contributed by atoms with Gasteiger partial charge < -0.3 is 15.5 Å². The van der Waals surface area contributed by atoms with Gasteiger partial charge in [0.15, 0.2) is 0 Å². The van der Waals surface area contributed by atoms with Crippen molar-refractivity contribution in [2.75, 3.05) is 43.9 Å². The third-order valence-electron chi connectivity index (χ3n) is 3.40. The molecule has 1 saturated heterocycles. The zero-order valence-electron chi connectivity index (χ0n) is 11.4. The molecule has 0 spiro atoms. The first-order valence-corrected chi connectivity index (χ1v) is 6.90.